The fraction of sp³-hybridized carbons (Fsp3) is 0.286. The largest absolute Gasteiger partial charge is 0.338 e. The highest BCUT2D eigenvalue weighted by Gasteiger charge is 2.56. The summed E-state index contributed by atoms with van der Waals surface area (Å²) >= 11 is 0. The van der Waals surface area contributed by atoms with Gasteiger partial charge in [0.05, 0.1) is 0 Å². The fourth-order valence-corrected chi connectivity index (χ4v) is 2.62. The molecule has 2 heterocycles. The van der Waals surface area contributed by atoms with E-state index in [4.69, 9.17) is 0 Å². The molecule has 2 aliphatic heterocycles. The lowest BCUT2D eigenvalue weighted by molar-refractivity contribution is -0.135. The van der Waals surface area contributed by atoms with E-state index in [1.807, 2.05) is 6.07 Å². The Kier molecular flexibility index (Phi) is 2.26. The van der Waals surface area contributed by atoms with Crippen LogP contribution in [0.15, 0.2) is 42.6 Å². The molecule has 1 aromatic rings. The van der Waals surface area contributed by atoms with Gasteiger partial charge in [-0.3, -0.25) is 9.59 Å². The number of allylic oxidation sites excluding steroid dienone is 1. The first kappa shape index (κ1) is 11.0. The van der Waals surface area contributed by atoms with Crippen LogP contribution in [0.4, 0.5) is 0 Å². The molecule has 3 aliphatic rings. The Bertz CT molecular complexity index is 530. The van der Waals surface area contributed by atoms with Crippen LogP contribution < -0.4 is 10.6 Å². The molecule has 2 amide bonds. The third-order valence-electron chi connectivity index (χ3n) is 3.78. The van der Waals surface area contributed by atoms with Gasteiger partial charge in [-0.1, -0.05) is 24.8 Å². The number of fused-ring (bicyclic) bond motifs is 2. The molecule has 1 saturated carbocycles. The molecule has 0 radical (unpaired) electrons. The van der Waals surface area contributed by atoms with E-state index in [-0.39, 0.29) is 11.8 Å². The Labute approximate surface area is 105 Å². The van der Waals surface area contributed by atoms with E-state index in [2.05, 4.69) is 17.2 Å². The zero-order valence-electron chi connectivity index (χ0n) is 9.90. The smallest absolute Gasteiger partial charge is 0.252 e. The van der Waals surface area contributed by atoms with Crippen molar-refractivity contribution in [1.82, 2.24) is 10.6 Å². The Hall–Kier alpha value is -2.10. The number of amides is 2. The van der Waals surface area contributed by atoms with Crippen LogP contribution in [0.5, 0.6) is 0 Å². The lowest BCUT2D eigenvalue weighted by Gasteiger charge is -2.51. The number of hydrogen-bond acceptors (Lipinski definition) is 2. The summed E-state index contributed by atoms with van der Waals surface area (Å²) in [6.07, 6.45) is 1.33. The quantitative estimate of drug-likeness (QED) is 0.819. The number of rotatable bonds is 2. The lowest BCUT2D eigenvalue weighted by atomic mass is 9.63. The van der Waals surface area contributed by atoms with Crippen molar-refractivity contribution in [3.05, 3.63) is 48.2 Å². The topological polar surface area (TPSA) is 58.2 Å². The number of nitrogens with one attached hydrogen (secondary N) is 2. The Balaban J connectivity index is 1.77. The standard InChI is InChI=1S/C14H14N2O2/c1-9-11-7-14(8-11,13(18)15-9)16-12(17)10-5-3-2-4-6-10/h2-6,11H,1,7-8H2,(H,15,18)(H,16,17). The number of piperidine rings is 2. The Morgan fingerprint density at radius 2 is 2.00 bits per heavy atom. The minimum absolute atomic E-state index is 0.140. The highest BCUT2D eigenvalue weighted by atomic mass is 16.2. The van der Waals surface area contributed by atoms with Crippen molar-refractivity contribution in [3.63, 3.8) is 0 Å². The van der Waals surface area contributed by atoms with Gasteiger partial charge in [0.15, 0.2) is 0 Å². The molecule has 2 bridgehead atoms. The van der Waals surface area contributed by atoms with Crippen LogP contribution in [0.2, 0.25) is 0 Å². The maximum absolute atomic E-state index is 12.1. The minimum atomic E-state index is -0.723. The molecule has 4 heteroatoms. The van der Waals surface area contributed by atoms with Crippen LogP contribution in [0.3, 0.4) is 0 Å². The van der Waals surface area contributed by atoms with Crippen LogP contribution in [0, 0.1) is 5.92 Å². The van der Waals surface area contributed by atoms with Gasteiger partial charge in [-0.2, -0.15) is 0 Å². The number of carbonyl (C=O) groups excluding carboxylic acids is 2. The molecule has 92 valence electrons. The van der Waals surface area contributed by atoms with Crippen LogP contribution in [0.25, 0.3) is 0 Å². The second-order valence-corrected chi connectivity index (χ2v) is 4.99. The third kappa shape index (κ3) is 1.53. The molecule has 4 nitrogen and oxygen atoms in total. The SMILES string of the molecule is C=C1NC(=O)C2(NC(=O)c3ccccc3)CC1C2. The predicted octanol–water partition coefficient (Wildman–Crippen LogP) is 1.21. The van der Waals surface area contributed by atoms with Crippen LogP contribution >= 0.6 is 0 Å². The monoisotopic (exact) mass is 242 g/mol. The molecule has 1 aliphatic carbocycles. The van der Waals surface area contributed by atoms with Crippen LogP contribution in [-0.2, 0) is 4.79 Å². The van der Waals surface area contributed by atoms with E-state index in [0.29, 0.717) is 24.3 Å². The summed E-state index contributed by atoms with van der Waals surface area (Å²) in [5.41, 5.74) is 0.627. The van der Waals surface area contributed by atoms with E-state index < -0.39 is 5.54 Å². The highest BCUT2D eigenvalue weighted by Crippen LogP contribution is 2.45. The van der Waals surface area contributed by atoms with Gasteiger partial charge >= 0.3 is 0 Å². The Morgan fingerprint density at radius 1 is 1.33 bits per heavy atom. The normalized spacial score (nSPS) is 29.2. The maximum Gasteiger partial charge on any atom is 0.252 e. The molecule has 0 unspecified atom stereocenters. The summed E-state index contributed by atoms with van der Waals surface area (Å²) in [5.74, 6) is -0.0326. The predicted molar refractivity (Wildman–Crippen MR) is 66.6 cm³/mol. The molecule has 2 N–H and O–H groups in total. The van der Waals surface area contributed by atoms with E-state index >= 15 is 0 Å². The van der Waals surface area contributed by atoms with Crippen molar-refractivity contribution in [1.29, 1.82) is 0 Å². The molecule has 3 fully saturated rings. The summed E-state index contributed by atoms with van der Waals surface area (Å²) in [6, 6.07) is 8.94. The molecule has 0 spiro atoms. The van der Waals surface area contributed by atoms with Crippen LogP contribution in [0.1, 0.15) is 23.2 Å². The average Bonchev–Trinajstić information content (AvgIpc) is 2.32. The van der Waals surface area contributed by atoms with E-state index in [0.717, 1.165) is 5.70 Å². The molecule has 0 atom stereocenters. The highest BCUT2D eigenvalue weighted by molar-refractivity contribution is 6.01. The van der Waals surface area contributed by atoms with Gasteiger partial charge in [-0.05, 0) is 25.0 Å². The first-order chi connectivity index (χ1) is 8.61. The summed E-state index contributed by atoms with van der Waals surface area (Å²) < 4.78 is 0. The molecular formula is C14H14N2O2. The zero-order valence-corrected chi connectivity index (χ0v) is 9.90. The van der Waals surface area contributed by atoms with Gasteiger partial charge in [0, 0.05) is 17.2 Å². The number of benzene rings is 1. The van der Waals surface area contributed by atoms with Crippen molar-refractivity contribution < 1.29 is 9.59 Å². The summed E-state index contributed by atoms with van der Waals surface area (Å²) in [5, 5.41) is 5.58. The van der Waals surface area contributed by atoms with Gasteiger partial charge in [-0.15, -0.1) is 0 Å². The van der Waals surface area contributed by atoms with Crippen molar-refractivity contribution in [2.45, 2.75) is 18.4 Å². The van der Waals surface area contributed by atoms with Crippen LogP contribution in [-0.4, -0.2) is 17.4 Å². The molecular weight excluding hydrogens is 228 g/mol. The average molecular weight is 242 g/mol. The second kappa shape index (κ2) is 3.70. The maximum atomic E-state index is 12.1. The summed E-state index contributed by atoms with van der Waals surface area (Å²) in [7, 11) is 0. The molecule has 2 saturated heterocycles. The van der Waals surface area contributed by atoms with Gasteiger partial charge in [0.1, 0.15) is 5.54 Å². The minimum Gasteiger partial charge on any atom is -0.338 e. The van der Waals surface area contributed by atoms with Crippen molar-refractivity contribution in [2.75, 3.05) is 0 Å². The number of hydrogen-bond donors (Lipinski definition) is 2. The summed E-state index contributed by atoms with van der Waals surface area (Å²) in [4.78, 5) is 24.0. The van der Waals surface area contributed by atoms with Gasteiger partial charge in [0.25, 0.3) is 5.91 Å². The van der Waals surface area contributed by atoms with E-state index in [1.54, 1.807) is 24.3 Å². The zero-order chi connectivity index (χ0) is 12.8. The van der Waals surface area contributed by atoms with E-state index in [1.165, 1.54) is 0 Å². The first-order valence-corrected chi connectivity index (χ1v) is 5.98. The van der Waals surface area contributed by atoms with Gasteiger partial charge < -0.3 is 10.6 Å². The fourth-order valence-electron chi connectivity index (χ4n) is 2.62. The molecule has 0 aromatic heterocycles. The molecule has 4 rings (SSSR count). The molecule has 1 aromatic carbocycles. The van der Waals surface area contributed by atoms with Crippen molar-refractivity contribution in [3.8, 4) is 0 Å². The van der Waals surface area contributed by atoms with Gasteiger partial charge in [-0.25, -0.2) is 0 Å². The number of carbonyl (C=O) groups is 2. The molecule has 18 heavy (non-hydrogen) atoms. The third-order valence-corrected chi connectivity index (χ3v) is 3.78. The summed E-state index contributed by atoms with van der Waals surface area (Å²) in [6.45, 7) is 3.81. The van der Waals surface area contributed by atoms with Crippen molar-refractivity contribution >= 4 is 11.8 Å². The second-order valence-electron chi connectivity index (χ2n) is 4.99. The Morgan fingerprint density at radius 3 is 2.61 bits per heavy atom. The van der Waals surface area contributed by atoms with Gasteiger partial charge in [0.2, 0.25) is 5.91 Å². The lowest BCUT2D eigenvalue weighted by Crippen LogP contribution is -2.70. The first-order valence-electron chi connectivity index (χ1n) is 5.98. The van der Waals surface area contributed by atoms with E-state index in [9.17, 15) is 9.59 Å². The van der Waals surface area contributed by atoms with Crippen molar-refractivity contribution in [2.24, 2.45) is 5.92 Å².